The third-order valence-electron chi connectivity index (χ3n) is 2.51. The standard InChI is InChI=1S/C13H16N4O3S/c1-7(2)11-16-8(3)10(13(19)20)12(17-11)21-6-9(18)15-5-4-14/h7H,5-6H2,1-3H3,(H,15,18)(H,19,20). The van der Waals surface area contributed by atoms with Crippen molar-refractivity contribution in [2.45, 2.75) is 31.7 Å². The molecule has 0 aliphatic carbocycles. The largest absolute Gasteiger partial charge is 0.478 e. The van der Waals surface area contributed by atoms with Crippen LogP contribution in [-0.2, 0) is 4.79 Å². The summed E-state index contributed by atoms with van der Waals surface area (Å²) in [4.78, 5) is 31.2. The van der Waals surface area contributed by atoms with Crippen LogP contribution in [0.1, 0.15) is 41.6 Å². The van der Waals surface area contributed by atoms with Gasteiger partial charge in [0.25, 0.3) is 0 Å². The van der Waals surface area contributed by atoms with Gasteiger partial charge in [-0.15, -0.1) is 0 Å². The number of nitrogens with one attached hydrogen (secondary N) is 1. The van der Waals surface area contributed by atoms with E-state index in [0.717, 1.165) is 11.8 Å². The number of thioether (sulfide) groups is 1. The Bertz CT molecular complexity index is 596. The maximum atomic E-state index is 11.5. The van der Waals surface area contributed by atoms with Gasteiger partial charge in [-0.2, -0.15) is 5.26 Å². The molecule has 0 bridgehead atoms. The van der Waals surface area contributed by atoms with Gasteiger partial charge in [0.1, 0.15) is 23.0 Å². The van der Waals surface area contributed by atoms with Crippen molar-refractivity contribution in [1.82, 2.24) is 15.3 Å². The van der Waals surface area contributed by atoms with Gasteiger partial charge >= 0.3 is 5.97 Å². The van der Waals surface area contributed by atoms with Crippen molar-refractivity contribution in [1.29, 1.82) is 5.26 Å². The van der Waals surface area contributed by atoms with E-state index in [9.17, 15) is 14.7 Å². The molecule has 0 unspecified atom stereocenters. The molecule has 8 heteroatoms. The van der Waals surface area contributed by atoms with Crippen LogP contribution in [0.3, 0.4) is 0 Å². The van der Waals surface area contributed by atoms with Gasteiger partial charge in [0, 0.05) is 5.92 Å². The molecule has 1 aromatic rings. The van der Waals surface area contributed by atoms with E-state index in [-0.39, 0.29) is 34.7 Å². The zero-order chi connectivity index (χ0) is 16.0. The SMILES string of the molecule is Cc1nc(C(C)C)nc(SCC(=O)NCC#N)c1C(=O)O. The number of hydrogen-bond donors (Lipinski definition) is 2. The molecule has 112 valence electrons. The van der Waals surface area contributed by atoms with Gasteiger partial charge < -0.3 is 10.4 Å². The van der Waals surface area contributed by atoms with Crippen LogP contribution in [0.15, 0.2) is 5.03 Å². The Balaban J connectivity index is 3.00. The fraction of sp³-hybridized carbons (Fsp3) is 0.462. The molecular formula is C13H16N4O3S. The predicted molar refractivity (Wildman–Crippen MR) is 77.2 cm³/mol. The van der Waals surface area contributed by atoms with Crippen LogP contribution >= 0.6 is 11.8 Å². The summed E-state index contributed by atoms with van der Waals surface area (Å²) in [5.74, 6) is -0.880. The van der Waals surface area contributed by atoms with E-state index in [1.807, 2.05) is 13.8 Å². The van der Waals surface area contributed by atoms with Crippen LogP contribution in [0.4, 0.5) is 0 Å². The fourth-order valence-electron chi connectivity index (χ4n) is 1.50. The monoisotopic (exact) mass is 308 g/mol. The van der Waals surface area contributed by atoms with Crippen molar-refractivity contribution >= 4 is 23.6 Å². The minimum absolute atomic E-state index is 0.00402. The number of aryl methyl sites for hydroxylation is 1. The molecule has 0 atom stereocenters. The van der Waals surface area contributed by atoms with E-state index in [2.05, 4.69) is 15.3 Å². The minimum atomic E-state index is -1.12. The Morgan fingerprint density at radius 1 is 1.43 bits per heavy atom. The summed E-state index contributed by atoms with van der Waals surface area (Å²) in [5, 5.41) is 20.3. The van der Waals surface area contributed by atoms with Crippen molar-refractivity contribution in [3.63, 3.8) is 0 Å². The van der Waals surface area contributed by atoms with Gasteiger partial charge in [-0.3, -0.25) is 4.79 Å². The van der Waals surface area contributed by atoms with Crippen LogP contribution in [0.5, 0.6) is 0 Å². The molecule has 7 nitrogen and oxygen atoms in total. The molecule has 0 aliphatic heterocycles. The Morgan fingerprint density at radius 2 is 2.10 bits per heavy atom. The van der Waals surface area contributed by atoms with Crippen molar-refractivity contribution in [3.8, 4) is 6.07 Å². The lowest BCUT2D eigenvalue weighted by molar-refractivity contribution is -0.118. The molecule has 2 N–H and O–H groups in total. The highest BCUT2D eigenvalue weighted by Gasteiger charge is 2.20. The lowest BCUT2D eigenvalue weighted by Crippen LogP contribution is -2.25. The van der Waals surface area contributed by atoms with E-state index >= 15 is 0 Å². The fourth-order valence-corrected chi connectivity index (χ4v) is 2.41. The van der Waals surface area contributed by atoms with E-state index in [4.69, 9.17) is 5.26 Å². The summed E-state index contributed by atoms with van der Waals surface area (Å²) in [6, 6.07) is 1.80. The van der Waals surface area contributed by atoms with Crippen LogP contribution in [0.25, 0.3) is 0 Å². The number of carboxylic acids is 1. The molecule has 1 rings (SSSR count). The van der Waals surface area contributed by atoms with Crippen LogP contribution < -0.4 is 5.32 Å². The first-order valence-electron chi connectivity index (χ1n) is 6.25. The highest BCUT2D eigenvalue weighted by atomic mass is 32.2. The number of nitrogens with zero attached hydrogens (tertiary/aromatic N) is 3. The van der Waals surface area contributed by atoms with E-state index in [0.29, 0.717) is 11.5 Å². The Hall–Kier alpha value is -2.14. The first-order chi connectivity index (χ1) is 9.86. The molecule has 0 aliphatic rings. The molecular weight excluding hydrogens is 292 g/mol. The third-order valence-corrected chi connectivity index (χ3v) is 3.48. The summed E-state index contributed by atoms with van der Waals surface area (Å²) in [5.41, 5.74) is 0.388. The highest BCUT2D eigenvalue weighted by Crippen LogP contribution is 2.24. The molecule has 0 fully saturated rings. The maximum Gasteiger partial charge on any atom is 0.340 e. The number of hydrogen-bond acceptors (Lipinski definition) is 6. The van der Waals surface area contributed by atoms with E-state index in [1.165, 1.54) is 0 Å². The van der Waals surface area contributed by atoms with Gasteiger partial charge in [-0.05, 0) is 6.92 Å². The zero-order valence-electron chi connectivity index (χ0n) is 12.0. The molecule has 1 amide bonds. The van der Waals surface area contributed by atoms with Crippen molar-refractivity contribution < 1.29 is 14.7 Å². The number of aromatic nitrogens is 2. The first kappa shape index (κ1) is 16.9. The lowest BCUT2D eigenvalue weighted by atomic mass is 10.2. The zero-order valence-corrected chi connectivity index (χ0v) is 12.8. The van der Waals surface area contributed by atoms with Crippen LogP contribution in [0, 0.1) is 18.3 Å². The number of amides is 1. The predicted octanol–water partition coefficient (Wildman–Crippen LogP) is 1.34. The number of rotatable bonds is 6. The second-order valence-electron chi connectivity index (χ2n) is 4.53. The van der Waals surface area contributed by atoms with E-state index in [1.54, 1.807) is 13.0 Å². The topological polar surface area (TPSA) is 116 Å². The molecule has 1 heterocycles. The summed E-state index contributed by atoms with van der Waals surface area (Å²) in [6.45, 7) is 5.34. The smallest absolute Gasteiger partial charge is 0.340 e. The second-order valence-corrected chi connectivity index (χ2v) is 5.49. The number of carbonyl (C=O) groups is 2. The number of carbonyl (C=O) groups excluding carboxylic acids is 1. The van der Waals surface area contributed by atoms with E-state index < -0.39 is 5.97 Å². The van der Waals surface area contributed by atoms with Gasteiger partial charge in [-0.1, -0.05) is 25.6 Å². The summed E-state index contributed by atoms with van der Waals surface area (Å²) in [7, 11) is 0. The van der Waals surface area contributed by atoms with Gasteiger partial charge in [0.05, 0.1) is 17.5 Å². The number of aromatic carboxylic acids is 1. The molecule has 21 heavy (non-hydrogen) atoms. The maximum absolute atomic E-state index is 11.5. The second kappa shape index (κ2) is 7.59. The van der Waals surface area contributed by atoms with Crippen molar-refractivity contribution in [2.75, 3.05) is 12.3 Å². The Kier molecular flexibility index (Phi) is 6.11. The summed E-state index contributed by atoms with van der Waals surface area (Å²) < 4.78 is 0. The molecule has 0 spiro atoms. The van der Waals surface area contributed by atoms with Crippen LogP contribution in [-0.4, -0.2) is 39.2 Å². The molecule has 0 radical (unpaired) electrons. The average Bonchev–Trinajstić information content (AvgIpc) is 2.41. The molecule has 0 aromatic carbocycles. The normalized spacial score (nSPS) is 10.2. The Labute approximate surface area is 126 Å². The third kappa shape index (κ3) is 4.72. The molecule has 1 aromatic heterocycles. The number of carboxylic acid groups (broad SMARTS) is 1. The minimum Gasteiger partial charge on any atom is -0.478 e. The van der Waals surface area contributed by atoms with Gasteiger partial charge in [0.2, 0.25) is 5.91 Å². The van der Waals surface area contributed by atoms with Gasteiger partial charge in [-0.25, -0.2) is 14.8 Å². The molecule has 0 saturated carbocycles. The van der Waals surface area contributed by atoms with Crippen LogP contribution in [0.2, 0.25) is 0 Å². The summed E-state index contributed by atoms with van der Waals surface area (Å²) >= 11 is 1.03. The molecule has 0 saturated heterocycles. The quantitative estimate of drug-likeness (QED) is 0.462. The number of nitriles is 1. The van der Waals surface area contributed by atoms with Crippen molar-refractivity contribution in [2.24, 2.45) is 0 Å². The highest BCUT2D eigenvalue weighted by molar-refractivity contribution is 8.00. The van der Waals surface area contributed by atoms with Gasteiger partial charge in [0.15, 0.2) is 0 Å². The average molecular weight is 308 g/mol. The first-order valence-corrected chi connectivity index (χ1v) is 7.23. The van der Waals surface area contributed by atoms with Crippen molar-refractivity contribution in [3.05, 3.63) is 17.1 Å². The lowest BCUT2D eigenvalue weighted by Gasteiger charge is -2.11. The summed E-state index contributed by atoms with van der Waals surface area (Å²) in [6.07, 6.45) is 0. The Morgan fingerprint density at radius 3 is 2.62 bits per heavy atom.